The molecule has 2 unspecified atom stereocenters. The summed E-state index contributed by atoms with van der Waals surface area (Å²) in [6.45, 7) is 11.5. The molecule has 10 nitrogen and oxygen atoms in total. The maximum atomic E-state index is 13.0. The summed E-state index contributed by atoms with van der Waals surface area (Å²) in [7, 11) is 3.78. The maximum absolute atomic E-state index is 13.0. The molecule has 3 rings (SSSR count). The third-order valence-corrected chi connectivity index (χ3v) is 9.45. The van der Waals surface area contributed by atoms with E-state index >= 15 is 0 Å². The van der Waals surface area contributed by atoms with Crippen LogP contribution in [0.2, 0.25) is 0 Å². The Morgan fingerprint density at radius 2 is 1.80 bits per heavy atom. The molecule has 0 radical (unpaired) electrons. The number of nitrogens with zero attached hydrogens (tertiary/aromatic N) is 1. The van der Waals surface area contributed by atoms with E-state index in [-0.39, 0.29) is 42.9 Å². The van der Waals surface area contributed by atoms with E-state index in [0.717, 1.165) is 6.29 Å². The summed E-state index contributed by atoms with van der Waals surface area (Å²) in [4.78, 5) is 26.8. The second-order valence-electron chi connectivity index (χ2n) is 13.0. The molecule has 14 atom stereocenters. The van der Waals surface area contributed by atoms with Crippen molar-refractivity contribution >= 4 is 12.3 Å². The molecule has 0 bridgehead atoms. The van der Waals surface area contributed by atoms with E-state index in [0.29, 0.717) is 19.3 Å². The number of hydrogen-bond acceptors (Lipinski definition) is 10. The minimum absolute atomic E-state index is 0.0831. The zero-order valence-corrected chi connectivity index (χ0v) is 26.0. The van der Waals surface area contributed by atoms with Crippen LogP contribution in [0.1, 0.15) is 73.6 Å². The largest absolute Gasteiger partial charge is 0.462 e. The third kappa shape index (κ3) is 8.37. The van der Waals surface area contributed by atoms with Crippen molar-refractivity contribution in [2.45, 2.75) is 134 Å². The standard InChI is InChI=1S/C31H53NO9/c1-9-25-20(5)29-31(6,41-29)12-10-23(34)17(2)14-21(11-13-33)28(19(4)24(35)16-26(36)39-25)40-30-27(37)22(32(7)8)15-18(3)38-30/h10,12-13,17-25,27-30,34-35,37H,9,11,14-16H2,1-8H3/b12-10+/t17-,18-,19+,20-,21+,22+,23?,24-,25-,27-,28?,29+,30+,31+/m1/s1. The van der Waals surface area contributed by atoms with Crippen LogP contribution in [0.25, 0.3) is 0 Å². The van der Waals surface area contributed by atoms with Gasteiger partial charge in [-0.3, -0.25) is 4.79 Å². The molecule has 0 spiro atoms. The Morgan fingerprint density at radius 3 is 2.41 bits per heavy atom. The third-order valence-electron chi connectivity index (χ3n) is 9.45. The number of esters is 1. The molecule has 3 aliphatic heterocycles. The number of carbonyl (C=O) groups excluding carboxylic acids is 2. The molecule has 0 saturated carbocycles. The number of hydrogen-bond donors (Lipinski definition) is 3. The van der Waals surface area contributed by atoms with Gasteiger partial charge in [0.05, 0.1) is 36.9 Å². The zero-order chi connectivity index (χ0) is 30.6. The van der Waals surface area contributed by atoms with Gasteiger partial charge in [-0.1, -0.05) is 39.8 Å². The van der Waals surface area contributed by atoms with Crippen molar-refractivity contribution in [1.82, 2.24) is 4.90 Å². The fourth-order valence-corrected chi connectivity index (χ4v) is 6.61. The smallest absolute Gasteiger partial charge is 0.308 e. The van der Waals surface area contributed by atoms with Gasteiger partial charge in [-0.15, -0.1) is 0 Å². The van der Waals surface area contributed by atoms with Crippen molar-refractivity contribution in [2.75, 3.05) is 14.1 Å². The lowest BCUT2D eigenvalue weighted by Crippen LogP contribution is -2.56. The molecule has 236 valence electrons. The summed E-state index contributed by atoms with van der Waals surface area (Å²) in [6, 6.07) is -0.205. The molecule has 3 heterocycles. The van der Waals surface area contributed by atoms with Gasteiger partial charge in [-0.2, -0.15) is 0 Å². The number of epoxide rings is 1. The van der Waals surface area contributed by atoms with Gasteiger partial charge >= 0.3 is 5.97 Å². The molecular formula is C31H53NO9. The van der Waals surface area contributed by atoms with E-state index in [1.165, 1.54) is 0 Å². The topological polar surface area (TPSA) is 138 Å². The molecule has 10 heteroatoms. The first kappa shape index (κ1) is 34.1. The van der Waals surface area contributed by atoms with Gasteiger partial charge in [0.15, 0.2) is 6.29 Å². The second kappa shape index (κ2) is 14.4. The van der Waals surface area contributed by atoms with Gasteiger partial charge in [0.2, 0.25) is 0 Å². The first-order valence-electron chi connectivity index (χ1n) is 15.2. The van der Waals surface area contributed by atoms with Gasteiger partial charge in [0.1, 0.15) is 24.1 Å². The molecule has 2 saturated heterocycles. The summed E-state index contributed by atoms with van der Waals surface area (Å²) in [5.74, 6) is -1.89. The Balaban J connectivity index is 1.95. The molecule has 0 aromatic heterocycles. The van der Waals surface area contributed by atoms with Crippen molar-refractivity contribution in [3.05, 3.63) is 12.2 Å². The van der Waals surface area contributed by atoms with Gasteiger partial charge in [0.25, 0.3) is 0 Å². The monoisotopic (exact) mass is 583 g/mol. The molecule has 2 fully saturated rings. The maximum Gasteiger partial charge on any atom is 0.308 e. The summed E-state index contributed by atoms with van der Waals surface area (Å²) in [6.07, 6.45) is 0.518. The van der Waals surface area contributed by atoms with Crippen molar-refractivity contribution in [3.63, 3.8) is 0 Å². The van der Waals surface area contributed by atoms with Crippen LogP contribution in [0.5, 0.6) is 0 Å². The van der Waals surface area contributed by atoms with Crippen LogP contribution in [0.4, 0.5) is 0 Å². The van der Waals surface area contributed by atoms with Gasteiger partial charge in [0, 0.05) is 24.3 Å². The number of cyclic esters (lactones) is 1. The normalized spacial score (nSPS) is 47.3. The van der Waals surface area contributed by atoms with Gasteiger partial charge in [-0.05, 0) is 59.0 Å². The highest BCUT2D eigenvalue weighted by molar-refractivity contribution is 5.70. The van der Waals surface area contributed by atoms with Crippen molar-refractivity contribution in [3.8, 4) is 0 Å². The fraction of sp³-hybridized carbons (Fsp3) is 0.871. The van der Waals surface area contributed by atoms with Crippen LogP contribution in [-0.4, -0.2) is 107 Å². The summed E-state index contributed by atoms with van der Waals surface area (Å²) in [5, 5.41) is 33.5. The van der Waals surface area contributed by atoms with E-state index in [1.807, 2.05) is 59.7 Å². The van der Waals surface area contributed by atoms with E-state index in [2.05, 4.69) is 0 Å². The summed E-state index contributed by atoms with van der Waals surface area (Å²) in [5.41, 5.74) is -0.576. The van der Waals surface area contributed by atoms with Crippen LogP contribution in [0.3, 0.4) is 0 Å². The van der Waals surface area contributed by atoms with Gasteiger partial charge < -0.3 is 44.0 Å². The number of aldehydes is 1. The number of carbonyl (C=O) groups is 2. The van der Waals surface area contributed by atoms with E-state index in [9.17, 15) is 24.9 Å². The number of likely N-dealkylation sites (N-methyl/N-ethyl adjacent to an activating group) is 1. The molecule has 3 N–H and O–H groups in total. The van der Waals surface area contributed by atoms with Gasteiger partial charge in [-0.25, -0.2) is 0 Å². The average molecular weight is 584 g/mol. The minimum atomic E-state index is -1.13. The van der Waals surface area contributed by atoms with Crippen molar-refractivity contribution in [1.29, 1.82) is 0 Å². The molecule has 41 heavy (non-hydrogen) atoms. The SMILES string of the molecule is CC[C@H]1OC(=O)C[C@@H](O)[C@H](C)C(O[C@@H]2O[C@H](C)C[C@H](N(C)C)[C@H]2O)[C@@H](CC=O)C[C@@H](C)C(O)/C=C/[C@]2(C)O[C@H]2[C@@H]1C. The van der Waals surface area contributed by atoms with Crippen LogP contribution >= 0.6 is 0 Å². The van der Waals surface area contributed by atoms with E-state index < -0.39 is 60.2 Å². The highest BCUT2D eigenvalue weighted by atomic mass is 16.7. The minimum Gasteiger partial charge on any atom is -0.462 e. The van der Waals surface area contributed by atoms with Crippen molar-refractivity contribution in [2.24, 2.45) is 23.7 Å². The fourth-order valence-electron chi connectivity index (χ4n) is 6.61. The van der Waals surface area contributed by atoms with Crippen LogP contribution in [0.15, 0.2) is 12.2 Å². The first-order valence-corrected chi connectivity index (χ1v) is 15.2. The number of aliphatic hydroxyl groups is 3. The lowest BCUT2D eigenvalue weighted by atomic mass is 9.79. The van der Waals surface area contributed by atoms with Crippen LogP contribution < -0.4 is 0 Å². The number of fused-ring (bicyclic) bond motifs is 1. The molecule has 0 amide bonds. The highest BCUT2D eigenvalue weighted by Crippen LogP contribution is 2.45. The summed E-state index contributed by atoms with van der Waals surface area (Å²) < 4.78 is 24.3. The Morgan fingerprint density at radius 1 is 1.12 bits per heavy atom. The average Bonchev–Trinajstić information content (AvgIpc) is 3.60. The Hall–Kier alpha value is -1.40. The Kier molecular flexibility index (Phi) is 12.0. The molecular weight excluding hydrogens is 530 g/mol. The van der Waals surface area contributed by atoms with E-state index in [1.54, 1.807) is 13.0 Å². The van der Waals surface area contributed by atoms with E-state index in [4.69, 9.17) is 18.9 Å². The lowest BCUT2D eigenvalue weighted by Gasteiger charge is -2.44. The summed E-state index contributed by atoms with van der Waals surface area (Å²) >= 11 is 0. The quantitative estimate of drug-likeness (QED) is 0.185. The zero-order valence-electron chi connectivity index (χ0n) is 26.0. The molecule has 0 aromatic carbocycles. The Bertz CT molecular complexity index is 899. The van der Waals surface area contributed by atoms with Crippen LogP contribution in [-0.2, 0) is 28.5 Å². The predicted octanol–water partition coefficient (Wildman–Crippen LogP) is 2.46. The van der Waals surface area contributed by atoms with Crippen LogP contribution in [0, 0.1) is 23.7 Å². The predicted molar refractivity (Wildman–Crippen MR) is 153 cm³/mol. The number of ether oxygens (including phenoxy) is 4. The highest BCUT2D eigenvalue weighted by Gasteiger charge is 2.55. The lowest BCUT2D eigenvalue weighted by molar-refractivity contribution is -0.283. The Labute approximate surface area is 245 Å². The van der Waals surface area contributed by atoms with Crippen molar-refractivity contribution < 1.29 is 43.9 Å². The second-order valence-corrected chi connectivity index (χ2v) is 13.0. The number of rotatable bonds is 6. The molecule has 0 aliphatic carbocycles. The molecule has 0 aromatic rings. The first-order chi connectivity index (χ1) is 19.2. The molecule has 3 aliphatic rings. The number of aliphatic hydroxyl groups excluding tert-OH is 3.